The zero-order valence-corrected chi connectivity index (χ0v) is 16.1. The van der Waals surface area contributed by atoms with Gasteiger partial charge in [0.15, 0.2) is 0 Å². The van der Waals surface area contributed by atoms with E-state index in [4.69, 9.17) is 11.6 Å². The van der Waals surface area contributed by atoms with Crippen molar-refractivity contribution in [2.45, 2.75) is 18.9 Å². The Kier molecular flexibility index (Phi) is 5.08. The molecule has 1 atom stereocenters. The lowest BCUT2D eigenvalue weighted by atomic mass is 10.2. The minimum Gasteiger partial charge on any atom is -0.349 e. The normalized spacial score (nSPS) is 16.4. The average molecular weight is 391 g/mol. The van der Waals surface area contributed by atoms with E-state index in [-0.39, 0.29) is 11.9 Å². The lowest BCUT2D eigenvalue weighted by molar-refractivity contribution is 0.0942. The molecule has 0 spiro atoms. The van der Waals surface area contributed by atoms with Gasteiger partial charge in [-0.3, -0.25) is 9.69 Å². The van der Waals surface area contributed by atoms with Crippen LogP contribution in [-0.2, 0) is 0 Å². The zero-order valence-electron chi connectivity index (χ0n) is 13.7. The highest BCUT2D eigenvalue weighted by Gasteiger charge is 2.25. The summed E-state index contributed by atoms with van der Waals surface area (Å²) in [6.07, 6.45) is 2.47. The third kappa shape index (κ3) is 3.47. The molecule has 1 saturated heterocycles. The molecule has 25 heavy (non-hydrogen) atoms. The summed E-state index contributed by atoms with van der Waals surface area (Å²) in [5.41, 5.74) is 0. The summed E-state index contributed by atoms with van der Waals surface area (Å²) in [5.74, 6) is -0.0769. The number of amides is 1. The molecule has 1 fully saturated rings. The summed E-state index contributed by atoms with van der Waals surface area (Å²) in [4.78, 5) is 17.1. The summed E-state index contributed by atoms with van der Waals surface area (Å²) < 4.78 is 1.05. The maximum absolute atomic E-state index is 12.7. The van der Waals surface area contributed by atoms with Crippen LogP contribution in [0.25, 0.3) is 10.1 Å². The number of carbonyl (C=O) groups excluding carboxylic acids is 1. The first-order valence-corrected chi connectivity index (χ1v) is 10.5. The van der Waals surface area contributed by atoms with E-state index in [1.54, 1.807) is 11.3 Å². The maximum Gasteiger partial charge on any atom is 0.262 e. The van der Waals surface area contributed by atoms with E-state index in [2.05, 4.69) is 27.7 Å². The van der Waals surface area contributed by atoms with Crippen molar-refractivity contribution in [2.24, 2.45) is 0 Å². The number of benzene rings is 1. The molecule has 4 rings (SSSR count). The Balaban J connectivity index is 1.52. The largest absolute Gasteiger partial charge is 0.349 e. The summed E-state index contributed by atoms with van der Waals surface area (Å²) in [5, 5.41) is 6.73. The molecule has 1 aromatic carbocycles. The Morgan fingerprint density at radius 3 is 2.72 bits per heavy atom. The predicted molar refractivity (Wildman–Crippen MR) is 107 cm³/mol. The Morgan fingerprint density at radius 1 is 1.20 bits per heavy atom. The Morgan fingerprint density at radius 2 is 2.00 bits per heavy atom. The van der Waals surface area contributed by atoms with Crippen LogP contribution in [0.4, 0.5) is 0 Å². The number of nitrogens with zero attached hydrogens (tertiary/aromatic N) is 1. The SMILES string of the molecule is O=C(NC[C@@H](c1cccs1)N1CCCC1)c1sc2ccccc2c1Cl. The van der Waals surface area contributed by atoms with Gasteiger partial charge >= 0.3 is 0 Å². The third-order valence-electron chi connectivity index (χ3n) is 4.65. The molecule has 0 radical (unpaired) electrons. The molecule has 0 saturated carbocycles. The summed E-state index contributed by atoms with van der Waals surface area (Å²) >= 11 is 9.65. The molecule has 3 heterocycles. The van der Waals surface area contributed by atoms with Crippen molar-refractivity contribution < 1.29 is 4.79 Å². The standard InChI is InChI=1S/C19H19ClN2OS2/c20-17-13-6-1-2-7-15(13)25-18(17)19(23)21-12-14(16-8-5-11-24-16)22-9-3-4-10-22/h1-2,5-8,11,14H,3-4,9-10,12H2,(H,21,23)/t14-/m0/s1. The van der Waals surface area contributed by atoms with Gasteiger partial charge < -0.3 is 5.32 Å². The van der Waals surface area contributed by atoms with Gasteiger partial charge in [-0.15, -0.1) is 22.7 Å². The van der Waals surface area contributed by atoms with Crippen molar-refractivity contribution in [3.63, 3.8) is 0 Å². The van der Waals surface area contributed by atoms with Crippen LogP contribution >= 0.6 is 34.3 Å². The quantitative estimate of drug-likeness (QED) is 0.650. The molecule has 1 N–H and O–H groups in total. The van der Waals surface area contributed by atoms with Gasteiger partial charge in [0.25, 0.3) is 5.91 Å². The minimum absolute atomic E-state index is 0.0769. The Labute approximate surface area is 160 Å². The number of fused-ring (bicyclic) bond motifs is 1. The van der Waals surface area contributed by atoms with Gasteiger partial charge in [-0.05, 0) is 43.4 Å². The van der Waals surface area contributed by atoms with E-state index in [0.717, 1.165) is 23.2 Å². The van der Waals surface area contributed by atoms with Crippen molar-refractivity contribution in [3.8, 4) is 0 Å². The molecule has 3 nitrogen and oxygen atoms in total. The molecular formula is C19H19ClN2OS2. The van der Waals surface area contributed by atoms with Crippen molar-refractivity contribution in [1.82, 2.24) is 10.2 Å². The van der Waals surface area contributed by atoms with Crippen molar-refractivity contribution >= 4 is 50.3 Å². The molecule has 0 unspecified atom stereocenters. The second-order valence-corrected chi connectivity index (χ2v) is 8.64. The fourth-order valence-corrected chi connectivity index (χ4v) is 5.67. The molecule has 3 aromatic rings. The second kappa shape index (κ2) is 7.46. The van der Waals surface area contributed by atoms with Crippen molar-refractivity contribution in [3.05, 3.63) is 56.6 Å². The van der Waals surface area contributed by atoms with E-state index in [0.29, 0.717) is 16.4 Å². The highest BCUT2D eigenvalue weighted by molar-refractivity contribution is 7.21. The van der Waals surface area contributed by atoms with Crippen LogP contribution < -0.4 is 5.32 Å². The Bertz CT molecular complexity index is 869. The fourth-order valence-electron chi connectivity index (χ4n) is 3.37. The van der Waals surface area contributed by atoms with Crippen molar-refractivity contribution in [1.29, 1.82) is 0 Å². The maximum atomic E-state index is 12.7. The van der Waals surface area contributed by atoms with Crippen LogP contribution in [0.1, 0.15) is 33.4 Å². The molecular weight excluding hydrogens is 372 g/mol. The minimum atomic E-state index is -0.0769. The highest BCUT2D eigenvalue weighted by atomic mass is 35.5. The van der Waals surface area contributed by atoms with E-state index < -0.39 is 0 Å². The Hall–Kier alpha value is -1.40. The lowest BCUT2D eigenvalue weighted by Crippen LogP contribution is -2.36. The number of nitrogens with one attached hydrogen (secondary N) is 1. The lowest BCUT2D eigenvalue weighted by Gasteiger charge is -2.26. The first-order chi connectivity index (χ1) is 12.2. The smallest absolute Gasteiger partial charge is 0.262 e. The monoisotopic (exact) mass is 390 g/mol. The van der Waals surface area contributed by atoms with Crippen LogP contribution in [0.3, 0.4) is 0 Å². The summed E-state index contributed by atoms with van der Waals surface area (Å²) in [6.45, 7) is 2.81. The average Bonchev–Trinajstić information content (AvgIpc) is 3.37. The number of carbonyl (C=O) groups is 1. The molecule has 1 amide bonds. The van der Waals surface area contributed by atoms with Crippen LogP contribution in [-0.4, -0.2) is 30.4 Å². The van der Waals surface area contributed by atoms with Crippen LogP contribution in [0.2, 0.25) is 5.02 Å². The van der Waals surface area contributed by atoms with E-state index in [1.807, 2.05) is 24.3 Å². The predicted octanol–water partition coefficient (Wildman–Crippen LogP) is 5.18. The van der Waals surface area contributed by atoms with Gasteiger partial charge in [-0.2, -0.15) is 0 Å². The molecule has 130 valence electrons. The van der Waals surface area contributed by atoms with E-state index in [1.165, 1.54) is 29.1 Å². The molecule has 1 aliphatic rings. The molecule has 2 aromatic heterocycles. The van der Waals surface area contributed by atoms with E-state index in [9.17, 15) is 4.79 Å². The zero-order chi connectivity index (χ0) is 17.2. The topological polar surface area (TPSA) is 32.3 Å². The van der Waals surface area contributed by atoms with Gasteiger partial charge in [0.2, 0.25) is 0 Å². The number of thiophene rings is 2. The molecule has 0 aliphatic carbocycles. The van der Waals surface area contributed by atoms with E-state index >= 15 is 0 Å². The third-order valence-corrected chi connectivity index (χ3v) is 7.30. The molecule has 0 bridgehead atoms. The van der Waals surface area contributed by atoms with Crippen molar-refractivity contribution in [2.75, 3.05) is 19.6 Å². The first-order valence-electron chi connectivity index (χ1n) is 8.47. The summed E-state index contributed by atoms with van der Waals surface area (Å²) in [7, 11) is 0. The molecule has 1 aliphatic heterocycles. The second-order valence-electron chi connectivity index (χ2n) is 6.23. The first kappa shape index (κ1) is 17.0. The van der Waals surface area contributed by atoms with Crippen LogP contribution in [0, 0.1) is 0 Å². The number of likely N-dealkylation sites (tertiary alicyclic amines) is 1. The van der Waals surface area contributed by atoms with Gasteiger partial charge in [0, 0.05) is 21.5 Å². The van der Waals surface area contributed by atoms with Crippen LogP contribution in [0.5, 0.6) is 0 Å². The summed E-state index contributed by atoms with van der Waals surface area (Å²) in [6, 6.07) is 12.4. The number of hydrogen-bond acceptors (Lipinski definition) is 4. The number of halogens is 1. The van der Waals surface area contributed by atoms with Gasteiger partial charge in [0.05, 0.1) is 11.1 Å². The molecule has 6 heteroatoms. The fraction of sp³-hybridized carbons (Fsp3) is 0.316. The van der Waals surface area contributed by atoms with Gasteiger partial charge in [0.1, 0.15) is 4.88 Å². The number of rotatable bonds is 5. The van der Waals surface area contributed by atoms with Gasteiger partial charge in [-0.1, -0.05) is 35.9 Å². The highest BCUT2D eigenvalue weighted by Crippen LogP contribution is 2.35. The van der Waals surface area contributed by atoms with Crippen LogP contribution in [0.15, 0.2) is 41.8 Å². The number of hydrogen-bond donors (Lipinski definition) is 1. The van der Waals surface area contributed by atoms with Gasteiger partial charge in [-0.25, -0.2) is 0 Å².